The van der Waals surface area contributed by atoms with Gasteiger partial charge in [0, 0.05) is 5.54 Å². The standard InChI is InChI=1S/C23H51NO3Si.ClH/c1-5-7-8-9-10-11-12-13-14-15-16-17-18-19-20-21-23(3,4)24-22(6-2)28(25,26)27;/h22,24-27H,5-21H2,1-4H3;1H. The Morgan fingerprint density at radius 1 is 0.655 bits per heavy atom. The molecule has 6 heteroatoms. The van der Waals surface area contributed by atoms with Gasteiger partial charge in [0.15, 0.2) is 0 Å². The number of nitrogens with one attached hydrogen (secondary N) is 1. The molecule has 0 bridgehead atoms. The predicted molar refractivity (Wildman–Crippen MR) is 130 cm³/mol. The van der Waals surface area contributed by atoms with E-state index in [2.05, 4.69) is 26.1 Å². The first kappa shape index (κ1) is 31.5. The van der Waals surface area contributed by atoms with Gasteiger partial charge in [-0.05, 0) is 26.7 Å². The van der Waals surface area contributed by atoms with Gasteiger partial charge in [-0.25, -0.2) is 0 Å². The largest absolute Gasteiger partial charge is 0.510 e. The molecule has 178 valence electrons. The molecule has 1 unspecified atom stereocenters. The molecule has 0 amide bonds. The van der Waals surface area contributed by atoms with Crippen molar-refractivity contribution in [2.75, 3.05) is 0 Å². The van der Waals surface area contributed by atoms with E-state index in [4.69, 9.17) is 0 Å². The highest BCUT2D eigenvalue weighted by Gasteiger charge is 2.40. The van der Waals surface area contributed by atoms with E-state index in [0.29, 0.717) is 6.42 Å². The fourth-order valence-electron chi connectivity index (χ4n) is 3.95. The molecule has 0 saturated heterocycles. The molecule has 1 atom stereocenters. The van der Waals surface area contributed by atoms with Crippen LogP contribution in [0, 0.1) is 0 Å². The molecule has 0 radical (unpaired) electrons. The number of halogens is 1. The first-order valence-corrected chi connectivity index (χ1v) is 14.1. The molecule has 0 aromatic carbocycles. The minimum atomic E-state index is -4.10. The number of hydrogen-bond acceptors (Lipinski definition) is 4. The van der Waals surface area contributed by atoms with Gasteiger partial charge in [-0.3, -0.25) is 0 Å². The van der Waals surface area contributed by atoms with Crippen LogP contribution >= 0.6 is 12.4 Å². The summed E-state index contributed by atoms with van der Waals surface area (Å²) < 4.78 is 0. The summed E-state index contributed by atoms with van der Waals surface area (Å²) in [5.74, 6) is 0. The second kappa shape index (κ2) is 19.1. The molecule has 0 aliphatic heterocycles. The molecule has 0 spiro atoms. The van der Waals surface area contributed by atoms with Gasteiger partial charge in [-0.15, -0.1) is 12.4 Å². The Morgan fingerprint density at radius 3 is 1.31 bits per heavy atom. The van der Waals surface area contributed by atoms with Gasteiger partial charge in [-0.1, -0.05) is 110 Å². The van der Waals surface area contributed by atoms with Gasteiger partial charge in [0.1, 0.15) is 0 Å². The molecule has 0 aliphatic carbocycles. The van der Waals surface area contributed by atoms with Gasteiger partial charge >= 0.3 is 8.80 Å². The Hall–Kier alpha value is 0.347. The van der Waals surface area contributed by atoms with Crippen LogP contribution in [0.4, 0.5) is 0 Å². The Kier molecular flexibility index (Phi) is 20.7. The van der Waals surface area contributed by atoms with Crippen molar-refractivity contribution in [2.45, 2.75) is 148 Å². The van der Waals surface area contributed by atoms with E-state index >= 15 is 0 Å². The molecule has 0 aromatic rings. The first-order chi connectivity index (χ1) is 13.2. The molecular weight excluding hydrogens is 402 g/mol. The zero-order chi connectivity index (χ0) is 21.3. The fourth-order valence-corrected chi connectivity index (χ4v) is 5.09. The van der Waals surface area contributed by atoms with Crippen LogP contribution < -0.4 is 5.32 Å². The third-order valence-corrected chi connectivity index (χ3v) is 7.33. The van der Waals surface area contributed by atoms with E-state index < -0.39 is 14.5 Å². The maximum absolute atomic E-state index is 9.53. The van der Waals surface area contributed by atoms with Gasteiger partial charge in [0.2, 0.25) is 0 Å². The van der Waals surface area contributed by atoms with Crippen molar-refractivity contribution in [1.29, 1.82) is 0 Å². The predicted octanol–water partition coefficient (Wildman–Crippen LogP) is 6.27. The molecule has 29 heavy (non-hydrogen) atoms. The molecule has 0 fully saturated rings. The van der Waals surface area contributed by atoms with Crippen molar-refractivity contribution in [1.82, 2.24) is 5.32 Å². The normalized spacial score (nSPS) is 13.3. The molecular formula is C23H52ClNO3Si. The quantitative estimate of drug-likeness (QED) is 0.129. The summed E-state index contributed by atoms with van der Waals surface area (Å²) in [4.78, 5) is 28.6. The summed E-state index contributed by atoms with van der Waals surface area (Å²) in [5, 5.41) is 3.24. The van der Waals surface area contributed by atoms with Crippen LogP contribution in [0.2, 0.25) is 0 Å². The topological polar surface area (TPSA) is 72.7 Å². The van der Waals surface area contributed by atoms with Crippen LogP contribution in [0.5, 0.6) is 0 Å². The van der Waals surface area contributed by atoms with E-state index in [1.807, 2.05) is 6.92 Å². The van der Waals surface area contributed by atoms with E-state index in [1.54, 1.807) is 0 Å². The summed E-state index contributed by atoms with van der Waals surface area (Å²) in [6.07, 6.45) is 22.0. The number of rotatable bonds is 20. The highest BCUT2D eigenvalue weighted by Crippen LogP contribution is 2.19. The first-order valence-electron chi connectivity index (χ1n) is 12.2. The minimum absolute atomic E-state index is 0. The van der Waals surface area contributed by atoms with Crippen LogP contribution in [0.1, 0.15) is 137 Å². The monoisotopic (exact) mass is 453 g/mol. The van der Waals surface area contributed by atoms with Crippen molar-refractivity contribution in [2.24, 2.45) is 0 Å². The van der Waals surface area contributed by atoms with Crippen molar-refractivity contribution >= 4 is 21.2 Å². The van der Waals surface area contributed by atoms with Crippen LogP contribution in [0.3, 0.4) is 0 Å². The SMILES string of the molecule is CCCCCCCCCCCCCCCCCC(C)(C)NC(CC)[Si](O)(O)O.Cl. The van der Waals surface area contributed by atoms with Crippen molar-refractivity contribution in [3.05, 3.63) is 0 Å². The smallest absolute Gasteiger partial charge is 0.389 e. The average molecular weight is 454 g/mol. The Labute approximate surface area is 189 Å². The maximum Gasteiger partial charge on any atom is 0.510 e. The molecule has 4 nitrogen and oxygen atoms in total. The van der Waals surface area contributed by atoms with Crippen molar-refractivity contribution < 1.29 is 14.4 Å². The van der Waals surface area contributed by atoms with Crippen LogP contribution in [-0.4, -0.2) is 34.4 Å². The molecule has 0 aromatic heterocycles. The van der Waals surface area contributed by atoms with Crippen molar-refractivity contribution in [3.63, 3.8) is 0 Å². The Balaban J connectivity index is 0. The number of hydrogen-bond donors (Lipinski definition) is 4. The summed E-state index contributed by atoms with van der Waals surface area (Å²) in [7, 11) is -4.10. The lowest BCUT2D eigenvalue weighted by Gasteiger charge is -2.33. The second-order valence-electron chi connectivity index (χ2n) is 9.38. The van der Waals surface area contributed by atoms with Gasteiger partial charge in [0.25, 0.3) is 0 Å². The Morgan fingerprint density at radius 2 is 1.00 bits per heavy atom. The van der Waals surface area contributed by atoms with Gasteiger partial charge < -0.3 is 19.7 Å². The lowest BCUT2D eigenvalue weighted by Crippen LogP contribution is -2.61. The van der Waals surface area contributed by atoms with Gasteiger partial charge in [-0.2, -0.15) is 0 Å². The third kappa shape index (κ3) is 20.0. The van der Waals surface area contributed by atoms with E-state index in [0.717, 1.165) is 12.8 Å². The van der Waals surface area contributed by atoms with Crippen molar-refractivity contribution in [3.8, 4) is 0 Å². The molecule has 0 rings (SSSR count). The van der Waals surface area contributed by atoms with E-state index in [1.165, 1.54) is 89.9 Å². The average Bonchev–Trinajstić information content (AvgIpc) is 2.62. The van der Waals surface area contributed by atoms with Crippen LogP contribution in [0.15, 0.2) is 0 Å². The summed E-state index contributed by atoms with van der Waals surface area (Å²) in [6.45, 7) is 8.31. The Bertz CT molecular complexity index is 352. The third-order valence-electron chi connectivity index (χ3n) is 5.85. The number of unbranched alkanes of at least 4 members (excludes halogenated alkanes) is 14. The summed E-state index contributed by atoms with van der Waals surface area (Å²) >= 11 is 0. The zero-order valence-electron chi connectivity index (χ0n) is 19.8. The molecule has 0 aliphatic rings. The second-order valence-corrected chi connectivity index (χ2v) is 11.4. The lowest BCUT2D eigenvalue weighted by atomic mass is 9.95. The highest BCUT2D eigenvalue weighted by molar-refractivity contribution is 6.58. The summed E-state index contributed by atoms with van der Waals surface area (Å²) in [5.41, 5.74) is -0.761. The fraction of sp³-hybridized carbons (Fsp3) is 1.00. The van der Waals surface area contributed by atoms with E-state index in [-0.39, 0.29) is 17.9 Å². The lowest BCUT2D eigenvalue weighted by molar-refractivity contribution is 0.183. The van der Waals surface area contributed by atoms with Crippen LogP contribution in [0.25, 0.3) is 0 Å². The molecule has 0 saturated carbocycles. The highest BCUT2D eigenvalue weighted by atomic mass is 35.5. The van der Waals surface area contributed by atoms with Gasteiger partial charge in [0.05, 0.1) is 5.67 Å². The zero-order valence-corrected chi connectivity index (χ0v) is 21.7. The molecule has 0 heterocycles. The molecule has 4 N–H and O–H groups in total. The van der Waals surface area contributed by atoms with Crippen LogP contribution in [-0.2, 0) is 0 Å². The maximum atomic E-state index is 9.53. The minimum Gasteiger partial charge on any atom is -0.389 e. The summed E-state index contributed by atoms with van der Waals surface area (Å²) in [6, 6.07) is 0. The van der Waals surface area contributed by atoms with E-state index in [9.17, 15) is 14.4 Å².